The third-order valence-corrected chi connectivity index (χ3v) is 6.24. The minimum Gasteiger partial charge on any atom is -0.369 e. The maximum Gasteiger partial charge on any atom is 0.247 e. The van der Waals surface area contributed by atoms with Crippen LogP contribution in [0.1, 0.15) is 0 Å². The van der Waals surface area contributed by atoms with Crippen molar-refractivity contribution in [1.82, 2.24) is 14.9 Å². The Hall–Kier alpha value is -4.50. The molecule has 4 aromatic rings. The normalized spacial score (nSPS) is 13.8. The Balaban J connectivity index is 1.41. The molecule has 1 amide bonds. The number of piperazine rings is 1. The van der Waals surface area contributed by atoms with Crippen molar-refractivity contribution < 1.29 is 9.18 Å². The molecule has 9 heteroatoms. The van der Waals surface area contributed by atoms with Gasteiger partial charge in [-0.1, -0.05) is 18.7 Å². The van der Waals surface area contributed by atoms with Crippen molar-refractivity contribution in [3.8, 4) is 0 Å². The predicted octanol–water partition coefficient (Wildman–Crippen LogP) is 5.13. The standard InChI is InChI=1S/C28H28FN7O/c1-3-25(37)30-20-6-4-7-21(18-20)31-27-26-23(29)8-5-9-24(26)33-28(34-27)32-19-10-12-22(13-11-19)36-16-14-35(2)15-17-36/h3-13,18H,1,14-17H2,2H3,(H,30,37)(H2,31,32,33,34). The molecule has 0 radical (unpaired) electrons. The minimum absolute atomic E-state index is 0.277. The summed E-state index contributed by atoms with van der Waals surface area (Å²) in [5.41, 5.74) is 3.67. The Morgan fingerprint density at radius 3 is 2.41 bits per heavy atom. The molecule has 5 rings (SSSR count). The van der Waals surface area contributed by atoms with Gasteiger partial charge in [-0.3, -0.25) is 4.79 Å². The van der Waals surface area contributed by atoms with E-state index in [1.807, 2.05) is 18.2 Å². The number of benzene rings is 3. The van der Waals surface area contributed by atoms with Crippen LogP contribution in [0.25, 0.3) is 10.9 Å². The molecule has 1 fully saturated rings. The summed E-state index contributed by atoms with van der Waals surface area (Å²) in [6, 6.07) is 20.0. The molecular weight excluding hydrogens is 469 g/mol. The fourth-order valence-corrected chi connectivity index (χ4v) is 4.24. The van der Waals surface area contributed by atoms with Crippen LogP contribution in [0.4, 0.5) is 38.9 Å². The zero-order valence-electron chi connectivity index (χ0n) is 20.5. The number of rotatable bonds is 7. The predicted molar refractivity (Wildman–Crippen MR) is 147 cm³/mol. The number of halogens is 1. The van der Waals surface area contributed by atoms with Gasteiger partial charge in [-0.15, -0.1) is 0 Å². The van der Waals surface area contributed by atoms with Crippen LogP contribution in [-0.4, -0.2) is 54.0 Å². The molecule has 2 heterocycles. The van der Waals surface area contributed by atoms with Gasteiger partial charge in [0, 0.05) is 48.9 Å². The molecule has 1 aliphatic rings. The first-order chi connectivity index (χ1) is 18.0. The zero-order valence-corrected chi connectivity index (χ0v) is 20.5. The summed E-state index contributed by atoms with van der Waals surface area (Å²) in [5.74, 6) is -0.101. The molecular formula is C28H28FN7O. The van der Waals surface area contributed by atoms with E-state index in [1.54, 1.807) is 30.3 Å². The number of likely N-dealkylation sites (N-methyl/N-ethyl adjacent to an activating group) is 1. The molecule has 0 atom stereocenters. The summed E-state index contributed by atoms with van der Waals surface area (Å²) >= 11 is 0. The maximum atomic E-state index is 14.8. The first kappa shape index (κ1) is 24.2. The van der Waals surface area contributed by atoms with Crippen LogP contribution in [0.5, 0.6) is 0 Å². The van der Waals surface area contributed by atoms with Crippen LogP contribution in [0.3, 0.4) is 0 Å². The summed E-state index contributed by atoms with van der Waals surface area (Å²) in [6.45, 7) is 7.55. The second-order valence-electron chi connectivity index (χ2n) is 8.89. The summed E-state index contributed by atoms with van der Waals surface area (Å²) < 4.78 is 14.8. The van der Waals surface area contributed by atoms with Gasteiger partial charge in [-0.25, -0.2) is 9.37 Å². The van der Waals surface area contributed by atoms with E-state index in [0.29, 0.717) is 28.7 Å². The highest BCUT2D eigenvalue weighted by atomic mass is 19.1. The average Bonchev–Trinajstić information content (AvgIpc) is 2.90. The fourth-order valence-electron chi connectivity index (χ4n) is 4.24. The van der Waals surface area contributed by atoms with Crippen molar-refractivity contribution in [1.29, 1.82) is 0 Å². The monoisotopic (exact) mass is 497 g/mol. The summed E-state index contributed by atoms with van der Waals surface area (Å²) in [6.07, 6.45) is 1.20. The van der Waals surface area contributed by atoms with Crippen molar-refractivity contribution in [2.45, 2.75) is 0 Å². The first-order valence-electron chi connectivity index (χ1n) is 12.1. The van der Waals surface area contributed by atoms with E-state index in [1.165, 1.54) is 17.8 Å². The zero-order chi connectivity index (χ0) is 25.8. The van der Waals surface area contributed by atoms with Crippen LogP contribution in [-0.2, 0) is 4.79 Å². The van der Waals surface area contributed by atoms with E-state index >= 15 is 0 Å². The van der Waals surface area contributed by atoms with Gasteiger partial charge in [0.1, 0.15) is 11.6 Å². The van der Waals surface area contributed by atoms with Gasteiger partial charge in [0.05, 0.1) is 10.9 Å². The van der Waals surface area contributed by atoms with Crippen molar-refractivity contribution in [2.75, 3.05) is 54.1 Å². The van der Waals surface area contributed by atoms with Crippen LogP contribution in [0.15, 0.2) is 79.4 Å². The van der Waals surface area contributed by atoms with Crippen molar-refractivity contribution in [3.63, 3.8) is 0 Å². The third-order valence-electron chi connectivity index (χ3n) is 6.24. The number of amides is 1. The Morgan fingerprint density at radius 1 is 0.919 bits per heavy atom. The van der Waals surface area contributed by atoms with Crippen LogP contribution in [0, 0.1) is 5.82 Å². The second kappa shape index (κ2) is 10.6. The summed E-state index contributed by atoms with van der Waals surface area (Å²) in [4.78, 5) is 25.5. The second-order valence-corrected chi connectivity index (χ2v) is 8.89. The number of nitrogens with zero attached hydrogens (tertiary/aromatic N) is 4. The van der Waals surface area contributed by atoms with Gasteiger partial charge in [0.25, 0.3) is 0 Å². The number of carbonyl (C=O) groups is 1. The Bertz CT molecular complexity index is 1430. The van der Waals surface area contributed by atoms with E-state index in [2.05, 4.69) is 61.5 Å². The Morgan fingerprint density at radius 2 is 1.65 bits per heavy atom. The molecule has 8 nitrogen and oxygen atoms in total. The van der Waals surface area contributed by atoms with Gasteiger partial charge < -0.3 is 25.8 Å². The van der Waals surface area contributed by atoms with E-state index in [0.717, 1.165) is 31.9 Å². The molecule has 1 aromatic heterocycles. The maximum absolute atomic E-state index is 14.8. The van der Waals surface area contributed by atoms with Gasteiger partial charge in [-0.2, -0.15) is 4.98 Å². The minimum atomic E-state index is -0.431. The lowest BCUT2D eigenvalue weighted by atomic mass is 10.2. The largest absolute Gasteiger partial charge is 0.369 e. The number of aromatic nitrogens is 2. The van der Waals surface area contributed by atoms with Gasteiger partial charge >= 0.3 is 0 Å². The molecule has 0 saturated carbocycles. The van der Waals surface area contributed by atoms with E-state index < -0.39 is 5.82 Å². The number of nitrogens with one attached hydrogen (secondary N) is 3. The number of fused-ring (bicyclic) bond motifs is 1. The summed E-state index contributed by atoms with van der Waals surface area (Å²) in [7, 11) is 2.14. The molecule has 37 heavy (non-hydrogen) atoms. The topological polar surface area (TPSA) is 85.4 Å². The molecule has 0 spiro atoms. The quantitative estimate of drug-likeness (QED) is 0.305. The van der Waals surface area contributed by atoms with Gasteiger partial charge in [-0.05, 0) is 67.7 Å². The fraction of sp³-hybridized carbons (Fsp3) is 0.179. The van der Waals surface area contributed by atoms with Crippen molar-refractivity contribution in [2.24, 2.45) is 0 Å². The Labute approximate surface area is 214 Å². The first-order valence-corrected chi connectivity index (χ1v) is 12.1. The molecule has 0 aliphatic carbocycles. The Kier molecular flexibility index (Phi) is 6.96. The molecule has 0 unspecified atom stereocenters. The molecule has 1 aliphatic heterocycles. The van der Waals surface area contributed by atoms with Crippen molar-refractivity contribution >= 4 is 51.3 Å². The average molecular weight is 498 g/mol. The lowest BCUT2D eigenvalue weighted by Crippen LogP contribution is -2.44. The lowest BCUT2D eigenvalue weighted by Gasteiger charge is -2.34. The highest BCUT2D eigenvalue weighted by Crippen LogP contribution is 2.30. The number of hydrogen-bond donors (Lipinski definition) is 3. The van der Waals surface area contributed by atoms with Crippen LogP contribution < -0.4 is 20.9 Å². The number of carbonyl (C=O) groups excluding carboxylic acids is 1. The SMILES string of the molecule is C=CC(=O)Nc1cccc(Nc2nc(Nc3ccc(N4CCN(C)CC4)cc3)nc3cccc(F)c23)c1. The molecule has 3 aromatic carbocycles. The van der Waals surface area contributed by atoms with Gasteiger partial charge in [0.15, 0.2) is 0 Å². The number of hydrogen-bond acceptors (Lipinski definition) is 7. The molecule has 1 saturated heterocycles. The smallest absolute Gasteiger partial charge is 0.247 e. The molecule has 0 bridgehead atoms. The molecule has 188 valence electrons. The number of anilines is 6. The van der Waals surface area contributed by atoms with E-state index in [-0.39, 0.29) is 11.3 Å². The molecule has 3 N–H and O–H groups in total. The highest BCUT2D eigenvalue weighted by molar-refractivity contribution is 5.99. The van der Waals surface area contributed by atoms with Gasteiger partial charge in [0.2, 0.25) is 11.9 Å². The van der Waals surface area contributed by atoms with Crippen LogP contribution >= 0.6 is 0 Å². The van der Waals surface area contributed by atoms with E-state index in [9.17, 15) is 9.18 Å². The van der Waals surface area contributed by atoms with Crippen LogP contribution in [0.2, 0.25) is 0 Å². The third kappa shape index (κ3) is 5.68. The van der Waals surface area contributed by atoms with Crippen molar-refractivity contribution in [3.05, 3.63) is 85.2 Å². The lowest BCUT2D eigenvalue weighted by molar-refractivity contribution is -0.111. The summed E-state index contributed by atoms with van der Waals surface area (Å²) in [5, 5.41) is 9.42. The van der Waals surface area contributed by atoms with E-state index in [4.69, 9.17) is 0 Å². The highest BCUT2D eigenvalue weighted by Gasteiger charge is 2.15.